The van der Waals surface area contributed by atoms with Crippen LogP contribution < -0.4 is 16.6 Å². The lowest BCUT2D eigenvalue weighted by atomic mass is 10.0. The number of amides is 3. The van der Waals surface area contributed by atoms with Crippen molar-refractivity contribution in [3.05, 3.63) is 23.9 Å². The predicted octanol–water partition coefficient (Wildman–Crippen LogP) is 0.740. The third-order valence-corrected chi connectivity index (χ3v) is 3.16. The maximum atomic E-state index is 12.9. The Kier molecular flexibility index (Phi) is 3.49. The molecule has 0 bridgehead atoms. The van der Waals surface area contributed by atoms with Crippen molar-refractivity contribution >= 4 is 17.8 Å². The molecule has 1 atom stereocenters. The summed E-state index contributed by atoms with van der Waals surface area (Å²) < 4.78 is 38.6. The van der Waals surface area contributed by atoms with E-state index in [1.807, 2.05) is 0 Å². The summed E-state index contributed by atoms with van der Waals surface area (Å²) in [5, 5.41) is 1.67. The number of carbonyl (C=O) groups excluding carboxylic acids is 2. The number of nitrogen functional groups attached to an aromatic ring is 1. The quantitative estimate of drug-likeness (QED) is 0.434. The van der Waals surface area contributed by atoms with Crippen LogP contribution in [0.2, 0.25) is 0 Å². The van der Waals surface area contributed by atoms with Crippen molar-refractivity contribution in [3.8, 4) is 0 Å². The second-order valence-electron chi connectivity index (χ2n) is 4.64. The number of hydrazine groups is 1. The summed E-state index contributed by atoms with van der Waals surface area (Å²) in [5.41, 5.74) is -0.235. The summed E-state index contributed by atoms with van der Waals surface area (Å²) in [7, 11) is 0. The van der Waals surface area contributed by atoms with Gasteiger partial charge in [-0.15, -0.1) is 0 Å². The van der Waals surface area contributed by atoms with Gasteiger partial charge in [-0.2, -0.15) is 13.2 Å². The minimum atomic E-state index is -4.87. The Morgan fingerprint density at radius 3 is 2.52 bits per heavy atom. The normalized spacial score (nSPS) is 22.4. The van der Waals surface area contributed by atoms with Gasteiger partial charge in [-0.25, -0.2) is 15.6 Å². The van der Waals surface area contributed by atoms with E-state index >= 15 is 0 Å². The number of carbonyl (C=O) groups is 2. The SMILES string of the molecule is CC1(C(F)(F)F)NC(=O)N(Cc2ccc(NN)nc2)C1=O. The molecule has 3 amide bonds. The molecule has 21 heavy (non-hydrogen) atoms. The van der Waals surface area contributed by atoms with Gasteiger partial charge in [0.1, 0.15) is 5.82 Å². The van der Waals surface area contributed by atoms with Crippen molar-refractivity contribution < 1.29 is 22.8 Å². The van der Waals surface area contributed by atoms with Gasteiger partial charge in [-0.1, -0.05) is 6.07 Å². The molecular formula is C11H12F3N5O2. The monoisotopic (exact) mass is 303 g/mol. The fraction of sp³-hybridized carbons (Fsp3) is 0.364. The van der Waals surface area contributed by atoms with E-state index in [1.54, 1.807) is 5.32 Å². The van der Waals surface area contributed by atoms with E-state index in [4.69, 9.17) is 5.84 Å². The number of nitrogens with two attached hydrogens (primary N) is 1. The molecule has 0 radical (unpaired) electrons. The molecule has 0 saturated carbocycles. The summed E-state index contributed by atoms with van der Waals surface area (Å²) >= 11 is 0. The lowest BCUT2D eigenvalue weighted by molar-refractivity contribution is -0.191. The maximum Gasteiger partial charge on any atom is 0.420 e. The van der Waals surface area contributed by atoms with Crippen LogP contribution >= 0.6 is 0 Å². The van der Waals surface area contributed by atoms with Gasteiger partial charge in [-0.05, 0) is 18.6 Å². The number of nitrogens with zero attached hydrogens (tertiary/aromatic N) is 2. The minimum absolute atomic E-state index is 0.311. The van der Waals surface area contributed by atoms with Gasteiger partial charge >= 0.3 is 12.2 Å². The van der Waals surface area contributed by atoms with Crippen molar-refractivity contribution in [1.82, 2.24) is 15.2 Å². The first kappa shape index (κ1) is 15.0. The molecule has 1 fully saturated rings. The molecule has 1 aromatic rings. The summed E-state index contributed by atoms with van der Waals surface area (Å²) in [6.45, 7) is 0.321. The molecule has 1 unspecified atom stereocenters. The highest BCUT2D eigenvalue weighted by molar-refractivity contribution is 6.07. The van der Waals surface area contributed by atoms with Gasteiger partial charge in [0.25, 0.3) is 5.91 Å². The number of imide groups is 1. The highest BCUT2D eigenvalue weighted by Gasteiger charge is 2.64. The maximum absolute atomic E-state index is 12.9. The fourth-order valence-corrected chi connectivity index (χ4v) is 1.82. The first-order valence-electron chi connectivity index (χ1n) is 5.81. The van der Waals surface area contributed by atoms with Crippen LogP contribution in [0.4, 0.5) is 23.8 Å². The minimum Gasteiger partial charge on any atom is -0.316 e. The number of pyridine rings is 1. The average molecular weight is 303 g/mol. The number of nitrogens with one attached hydrogen (secondary N) is 2. The molecule has 4 N–H and O–H groups in total. The number of hydrogen-bond acceptors (Lipinski definition) is 5. The first-order chi connectivity index (χ1) is 9.69. The zero-order chi connectivity index (χ0) is 15.8. The van der Waals surface area contributed by atoms with Gasteiger partial charge in [-0.3, -0.25) is 9.69 Å². The standard InChI is InChI=1S/C11H12F3N5O2/c1-10(11(12,13)14)8(20)19(9(21)17-10)5-6-2-3-7(18-15)16-4-6/h2-4H,5,15H2,1H3,(H,16,18)(H,17,21). The highest BCUT2D eigenvalue weighted by Crippen LogP contribution is 2.35. The summed E-state index contributed by atoms with van der Waals surface area (Å²) in [6.07, 6.45) is -3.57. The van der Waals surface area contributed by atoms with Crippen molar-refractivity contribution in [2.45, 2.75) is 25.2 Å². The largest absolute Gasteiger partial charge is 0.420 e. The molecule has 7 nitrogen and oxygen atoms in total. The van der Waals surface area contributed by atoms with Gasteiger partial charge < -0.3 is 10.7 Å². The topological polar surface area (TPSA) is 100 Å². The summed E-state index contributed by atoms with van der Waals surface area (Å²) in [5.74, 6) is 4.12. The lowest BCUT2D eigenvalue weighted by Gasteiger charge is -2.24. The predicted molar refractivity (Wildman–Crippen MR) is 65.6 cm³/mol. The van der Waals surface area contributed by atoms with Crippen LogP contribution in [0, 0.1) is 0 Å². The van der Waals surface area contributed by atoms with Gasteiger partial charge in [0.15, 0.2) is 0 Å². The van der Waals surface area contributed by atoms with E-state index in [1.165, 1.54) is 18.3 Å². The molecule has 10 heteroatoms. The van der Waals surface area contributed by atoms with Gasteiger partial charge in [0.05, 0.1) is 6.54 Å². The van der Waals surface area contributed by atoms with Crippen LogP contribution in [-0.2, 0) is 11.3 Å². The molecule has 1 saturated heterocycles. The van der Waals surface area contributed by atoms with Crippen LogP contribution in [0.25, 0.3) is 0 Å². The molecule has 2 heterocycles. The zero-order valence-corrected chi connectivity index (χ0v) is 10.9. The zero-order valence-electron chi connectivity index (χ0n) is 10.9. The van der Waals surface area contributed by atoms with E-state index < -0.39 is 23.7 Å². The van der Waals surface area contributed by atoms with E-state index in [9.17, 15) is 22.8 Å². The highest BCUT2D eigenvalue weighted by atomic mass is 19.4. The molecule has 1 aliphatic heterocycles. The molecule has 0 aromatic carbocycles. The number of halogens is 3. The van der Waals surface area contributed by atoms with Crippen molar-refractivity contribution in [2.24, 2.45) is 5.84 Å². The van der Waals surface area contributed by atoms with Gasteiger partial charge in [0.2, 0.25) is 5.54 Å². The third-order valence-electron chi connectivity index (χ3n) is 3.16. The average Bonchev–Trinajstić information content (AvgIpc) is 2.64. The van der Waals surface area contributed by atoms with Crippen LogP contribution in [0.15, 0.2) is 18.3 Å². The van der Waals surface area contributed by atoms with Crippen LogP contribution in [0.1, 0.15) is 12.5 Å². The second kappa shape index (κ2) is 4.88. The summed E-state index contributed by atoms with van der Waals surface area (Å²) in [4.78, 5) is 27.8. The Hall–Kier alpha value is -2.36. The third kappa shape index (κ3) is 2.49. The Morgan fingerprint density at radius 1 is 1.43 bits per heavy atom. The first-order valence-corrected chi connectivity index (χ1v) is 5.81. The van der Waals surface area contributed by atoms with Gasteiger partial charge in [0, 0.05) is 6.20 Å². The molecule has 1 aliphatic rings. The van der Waals surface area contributed by atoms with E-state index in [2.05, 4.69) is 10.4 Å². The Labute approximate surface area is 117 Å². The van der Waals surface area contributed by atoms with E-state index in [0.717, 1.165) is 0 Å². The van der Waals surface area contributed by atoms with E-state index in [0.29, 0.717) is 23.2 Å². The number of urea groups is 1. The number of anilines is 1. The Morgan fingerprint density at radius 2 is 2.10 bits per heavy atom. The molecular weight excluding hydrogens is 291 g/mol. The molecule has 0 spiro atoms. The smallest absolute Gasteiger partial charge is 0.316 e. The molecule has 114 valence electrons. The second-order valence-corrected chi connectivity index (χ2v) is 4.64. The molecule has 0 aliphatic carbocycles. The summed E-state index contributed by atoms with van der Waals surface area (Å²) in [6, 6.07) is 1.86. The van der Waals surface area contributed by atoms with Crippen LogP contribution in [0.3, 0.4) is 0 Å². The van der Waals surface area contributed by atoms with Crippen molar-refractivity contribution in [1.29, 1.82) is 0 Å². The lowest BCUT2D eigenvalue weighted by Crippen LogP contribution is -2.56. The Balaban J connectivity index is 2.21. The number of hydrogen-bond donors (Lipinski definition) is 3. The van der Waals surface area contributed by atoms with Crippen molar-refractivity contribution in [3.63, 3.8) is 0 Å². The van der Waals surface area contributed by atoms with Crippen LogP contribution in [-0.4, -0.2) is 33.5 Å². The van der Waals surface area contributed by atoms with Crippen LogP contribution in [0.5, 0.6) is 0 Å². The van der Waals surface area contributed by atoms with E-state index in [-0.39, 0.29) is 6.54 Å². The molecule has 1 aromatic heterocycles. The Bertz CT molecular complexity index is 574. The number of rotatable bonds is 3. The molecule has 2 rings (SSSR count). The fourth-order valence-electron chi connectivity index (χ4n) is 1.82. The number of alkyl halides is 3. The number of aromatic nitrogens is 1. The van der Waals surface area contributed by atoms with Crippen molar-refractivity contribution in [2.75, 3.05) is 5.43 Å².